The van der Waals surface area contributed by atoms with Gasteiger partial charge in [-0.25, -0.2) is 4.79 Å². The third-order valence-corrected chi connectivity index (χ3v) is 3.72. The number of benzene rings is 1. The Morgan fingerprint density at radius 1 is 1.40 bits per heavy atom. The minimum absolute atomic E-state index is 0.140. The Balaban J connectivity index is 2.30. The van der Waals surface area contributed by atoms with Crippen molar-refractivity contribution in [2.24, 2.45) is 0 Å². The summed E-state index contributed by atoms with van der Waals surface area (Å²) in [4.78, 5) is 20.9. The Kier molecular flexibility index (Phi) is 3.59. The van der Waals surface area contributed by atoms with E-state index >= 15 is 0 Å². The number of carboxylic acid groups (broad SMARTS) is 1. The Bertz CT molecular complexity index is 668. The number of aromatic carboxylic acids is 1. The lowest BCUT2D eigenvalue weighted by molar-refractivity contribution is -0.384. The van der Waals surface area contributed by atoms with Crippen molar-refractivity contribution in [2.75, 3.05) is 4.72 Å². The summed E-state index contributed by atoms with van der Waals surface area (Å²) in [5.74, 6) is -1.46. The lowest BCUT2D eigenvalue weighted by Crippen LogP contribution is -2.32. The minimum Gasteiger partial charge on any atom is -0.478 e. The van der Waals surface area contributed by atoms with E-state index in [9.17, 15) is 23.3 Å². The molecule has 0 aromatic heterocycles. The average molecular weight is 301 g/mol. The van der Waals surface area contributed by atoms with E-state index in [1.807, 2.05) is 0 Å². The Morgan fingerprint density at radius 3 is 2.55 bits per heavy atom. The van der Waals surface area contributed by atoms with Crippen molar-refractivity contribution >= 4 is 27.6 Å². The van der Waals surface area contributed by atoms with Gasteiger partial charge in [0.05, 0.1) is 16.2 Å². The zero-order valence-corrected chi connectivity index (χ0v) is 10.9. The first-order chi connectivity index (χ1) is 9.28. The zero-order chi connectivity index (χ0) is 14.9. The van der Waals surface area contributed by atoms with Gasteiger partial charge in [0, 0.05) is 18.2 Å². The first-order valence-electron chi connectivity index (χ1n) is 5.60. The topological polar surface area (TPSA) is 139 Å². The number of nitrogens with one attached hydrogen (secondary N) is 2. The molecule has 3 N–H and O–H groups in total. The molecule has 0 bridgehead atoms. The molecule has 0 saturated heterocycles. The van der Waals surface area contributed by atoms with Gasteiger partial charge in [-0.1, -0.05) is 0 Å². The number of nitrogens with zero attached hydrogens (tertiary/aromatic N) is 1. The van der Waals surface area contributed by atoms with Crippen LogP contribution in [0.25, 0.3) is 0 Å². The van der Waals surface area contributed by atoms with Gasteiger partial charge in [0.2, 0.25) is 0 Å². The van der Waals surface area contributed by atoms with E-state index in [1.165, 1.54) is 0 Å². The Hall–Kier alpha value is -2.20. The number of hydrogen-bond acceptors (Lipinski definition) is 5. The highest BCUT2D eigenvalue weighted by molar-refractivity contribution is 7.90. The number of rotatable bonds is 6. The molecule has 0 atom stereocenters. The van der Waals surface area contributed by atoms with E-state index in [4.69, 9.17) is 5.11 Å². The molecule has 0 heterocycles. The number of carboxylic acids is 1. The van der Waals surface area contributed by atoms with Crippen LogP contribution in [-0.4, -0.2) is 30.5 Å². The average Bonchev–Trinajstić information content (AvgIpc) is 3.11. The van der Waals surface area contributed by atoms with Crippen LogP contribution in [0.2, 0.25) is 0 Å². The first-order valence-corrected chi connectivity index (χ1v) is 7.08. The number of non-ortho nitro benzene ring substituents is 1. The molecule has 9 nitrogen and oxygen atoms in total. The van der Waals surface area contributed by atoms with Crippen LogP contribution in [0.3, 0.4) is 0 Å². The summed E-state index contributed by atoms with van der Waals surface area (Å²) in [6.07, 6.45) is 1.46. The second-order valence-corrected chi connectivity index (χ2v) is 5.74. The van der Waals surface area contributed by atoms with E-state index < -0.39 is 32.4 Å². The molecule has 0 radical (unpaired) electrons. The summed E-state index contributed by atoms with van der Waals surface area (Å²) in [6, 6.07) is 2.74. The normalized spacial score (nSPS) is 14.8. The van der Waals surface area contributed by atoms with Gasteiger partial charge in [0.15, 0.2) is 0 Å². The third kappa shape index (κ3) is 3.42. The number of nitro benzene ring substituents is 1. The number of nitro groups is 1. The summed E-state index contributed by atoms with van der Waals surface area (Å²) in [6.45, 7) is 0. The van der Waals surface area contributed by atoms with E-state index in [1.54, 1.807) is 0 Å². The molecule has 0 spiro atoms. The molecule has 1 aliphatic rings. The molecule has 10 heteroatoms. The highest BCUT2D eigenvalue weighted by Gasteiger charge is 2.28. The molecule has 1 aromatic rings. The lowest BCUT2D eigenvalue weighted by Gasteiger charge is -2.10. The number of carbonyl (C=O) groups is 1. The summed E-state index contributed by atoms with van der Waals surface area (Å²) >= 11 is 0. The van der Waals surface area contributed by atoms with Crippen molar-refractivity contribution in [1.29, 1.82) is 0 Å². The SMILES string of the molecule is O=C(O)c1cc([N+](=O)[O-])ccc1NS(=O)(=O)NC1CC1. The first kappa shape index (κ1) is 14.2. The maximum atomic E-state index is 11.7. The molecule has 2 rings (SSSR count). The summed E-state index contributed by atoms with van der Waals surface area (Å²) in [5, 5.41) is 19.6. The van der Waals surface area contributed by atoms with Gasteiger partial charge >= 0.3 is 5.97 Å². The van der Waals surface area contributed by atoms with Crippen molar-refractivity contribution in [3.8, 4) is 0 Å². The van der Waals surface area contributed by atoms with Gasteiger partial charge < -0.3 is 5.11 Å². The van der Waals surface area contributed by atoms with Gasteiger partial charge in [0.1, 0.15) is 0 Å². The maximum absolute atomic E-state index is 11.7. The van der Waals surface area contributed by atoms with Crippen LogP contribution in [0, 0.1) is 10.1 Å². The van der Waals surface area contributed by atoms with Gasteiger partial charge in [-0.2, -0.15) is 13.1 Å². The minimum atomic E-state index is -3.89. The zero-order valence-electron chi connectivity index (χ0n) is 10.1. The van der Waals surface area contributed by atoms with Crippen molar-refractivity contribution < 1.29 is 23.2 Å². The molecule has 0 aliphatic heterocycles. The summed E-state index contributed by atoms with van der Waals surface area (Å²) in [5.41, 5.74) is -1.14. The molecular formula is C10H11N3O6S. The standard InChI is InChI=1S/C10H11N3O6S/c14-10(15)8-5-7(13(16)17)3-4-9(8)12-20(18,19)11-6-1-2-6/h3-6,11-12H,1-2H2,(H,14,15). The van der Waals surface area contributed by atoms with E-state index in [0.717, 1.165) is 31.0 Å². The predicted octanol–water partition coefficient (Wildman–Crippen LogP) is 0.702. The van der Waals surface area contributed by atoms with Crippen LogP contribution in [0.4, 0.5) is 11.4 Å². The fraction of sp³-hybridized carbons (Fsp3) is 0.300. The van der Waals surface area contributed by atoms with Crippen LogP contribution in [0.1, 0.15) is 23.2 Å². The fourth-order valence-corrected chi connectivity index (χ4v) is 2.71. The Morgan fingerprint density at radius 2 is 2.05 bits per heavy atom. The van der Waals surface area contributed by atoms with Gasteiger partial charge in [-0.05, 0) is 18.9 Å². The molecular weight excluding hydrogens is 290 g/mol. The molecule has 0 unspecified atom stereocenters. The second kappa shape index (κ2) is 5.06. The van der Waals surface area contributed by atoms with E-state index in [-0.39, 0.29) is 11.7 Å². The molecule has 108 valence electrons. The third-order valence-electron chi connectivity index (χ3n) is 2.59. The van der Waals surface area contributed by atoms with Crippen LogP contribution < -0.4 is 9.44 Å². The molecule has 0 amide bonds. The molecule has 1 saturated carbocycles. The highest BCUT2D eigenvalue weighted by atomic mass is 32.2. The molecule has 20 heavy (non-hydrogen) atoms. The monoisotopic (exact) mass is 301 g/mol. The smallest absolute Gasteiger partial charge is 0.338 e. The van der Waals surface area contributed by atoms with Gasteiger partial charge in [0.25, 0.3) is 15.9 Å². The van der Waals surface area contributed by atoms with Crippen LogP contribution in [0.5, 0.6) is 0 Å². The predicted molar refractivity (Wildman–Crippen MR) is 68.8 cm³/mol. The van der Waals surface area contributed by atoms with Crippen LogP contribution >= 0.6 is 0 Å². The quantitative estimate of drug-likeness (QED) is 0.522. The van der Waals surface area contributed by atoms with Crippen LogP contribution in [0.15, 0.2) is 18.2 Å². The molecule has 1 aromatic carbocycles. The van der Waals surface area contributed by atoms with Crippen LogP contribution in [-0.2, 0) is 10.2 Å². The van der Waals surface area contributed by atoms with Crippen molar-refractivity contribution in [1.82, 2.24) is 4.72 Å². The van der Waals surface area contributed by atoms with Gasteiger partial charge in [-0.3, -0.25) is 14.8 Å². The van der Waals surface area contributed by atoms with Crippen molar-refractivity contribution in [3.05, 3.63) is 33.9 Å². The number of anilines is 1. The maximum Gasteiger partial charge on any atom is 0.338 e. The Labute approximate surface area is 113 Å². The van der Waals surface area contributed by atoms with E-state index in [2.05, 4.69) is 9.44 Å². The fourth-order valence-electron chi connectivity index (χ4n) is 1.51. The number of hydrogen-bond donors (Lipinski definition) is 3. The van der Waals surface area contributed by atoms with Gasteiger partial charge in [-0.15, -0.1) is 0 Å². The highest BCUT2D eigenvalue weighted by Crippen LogP contribution is 2.24. The summed E-state index contributed by atoms with van der Waals surface area (Å²) < 4.78 is 27.8. The molecule has 1 fully saturated rings. The lowest BCUT2D eigenvalue weighted by atomic mass is 10.1. The largest absolute Gasteiger partial charge is 0.478 e. The van der Waals surface area contributed by atoms with Crippen molar-refractivity contribution in [2.45, 2.75) is 18.9 Å². The second-order valence-electron chi connectivity index (χ2n) is 4.29. The summed E-state index contributed by atoms with van der Waals surface area (Å²) in [7, 11) is -3.89. The van der Waals surface area contributed by atoms with Crippen molar-refractivity contribution in [3.63, 3.8) is 0 Å². The van der Waals surface area contributed by atoms with E-state index in [0.29, 0.717) is 0 Å². The molecule has 1 aliphatic carbocycles.